The standard InChI is InChI=1S/C13H20O4/c1-4-5-6-10-7-8-13(9-10,11(14)16-2)12(15)17-3/h5-6,10H,4,7-9H2,1-3H3/b6-5+. The van der Waals surface area contributed by atoms with Gasteiger partial charge in [-0.3, -0.25) is 9.59 Å². The monoisotopic (exact) mass is 240 g/mol. The van der Waals surface area contributed by atoms with E-state index in [-0.39, 0.29) is 5.92 Å². The van der Waals surface area contributed by atoms with E-state index in [4.69, 9.17) is 9.47 Å². The maximum atomic E-state index is 11.8. The molecule has 1 atom stereocenters. The fourth-order valence-electron chi connectivity index (χ4n) is 2.42. The van der Waals surface area contributed by atoms with Crippen molar-refractivity contribution < 1.29 is 19.1 Å². The molecule has 0 N–H and O–H groups in total. The predicted molar refractivity (Wildman–Crippen MR) is 63.2 cm³/mol. The molecule has 17 heavy (non-hydrogen) atoms. The SMILES string of the molecule is CC/C=C/C1CCC(C(=O)OC)(C(=O)OC)C1. The molecular weight excluding hydrogens is 220 g/mol. The second-order valence-corrected chi connectivity index (χ2v) is 4.40. The van der Waals surface area contributed by atoms with Gasteiger partial charge in [-0.15, -0.1) is 0 Å². The van der Waals surface area contributed by atoms with E-state index in [1.807, 2.05) is 0 Å². The first-order valence-corrected chi connectivity index (χ1v) is 5.94. The number of esters is 2. The Bertz CT molecular complexity index is 303. The van der Waals surface area contributed by atoms with E-state index in [1.54, 1.807) is 0 Å². The smallest absolute Gasteiger partial charge is 0.323 e. The highest BCUT2D eigenvalue weighted by Crippen LogP contribution is 2.44. The van der Waals surface area contributed by atoms with Crippen LogP contribution < -0.4 is 0 Å². The largest absolute Gasteiger partial charge is 0.468 e. The van der Waals surface area contributed by atoms with Crippen molar-refractivity contribution in [2.45, 2.75) is 32.6 Å². The number of rotatable bonds is 4. The molecule has 4 heteroatoms. The molecular formula is C13H20O4. The molecule has 0 radical (unpaired) electrons. The van der Waals surface area contributed by atoms with Crippen LogP contribution in [0, 0.1) is 11.3 Å². The first-order valence-electron chi connectivity index (χ1n) is 5.94. The zero-order valence-electron chi connectivity index (χ0n) is 10.7. The van der Waals surface area contributed by atoms with Gasteiger partial charge >= 0.3 is 11.9 Å². The lowest BCUT2D eigenvalue weighted by Crippen LogP contribution is -2.39. The Labute approximate surface area is 102 Å². The van der Waals surface area contributed by atoms with Crippen LogP contribution in [-0.4, -0.2) is 26.2 Å². The van der Waals surface area contributed by atoms with Crippen molar-refractivity contribution in [1.29, 1.82) is 0 Å². The summed E-state index contributed by atoms with van der Waals surface area (Å²) in [6, 6.07) is 0. The molecule has 0 spiro atoms. The quantitative estimate of drug-likeness (QED) is 0.429. The third-order valence-electron chi connectivity index (χ3n) is 3.35. The summed E-state index contributed by atoms with van der Waals surface area (Å²) < 4.78 is 9.50. The molecule has 0 bridgehead atoms. The number of allylic oxidation sites excluding steroid dienone is 2. The number of ether oxygens (including phenoxy) is 2. The normalized spacial score (nSPS) is 22.6. The molecule has 0 aromatic rings. The average Bonchev–Trinajstić information content (AvgIpc) is 2.79. The van der Waals surface area contributed by atoms with Crippen molar-refractivity contribution in [1.82, 2.24) is 0 Å². The van der Waals surface area contributed by atoms with Crippen LogP contribution >= 0.6 is 0 Å². The average molecular weight is 240 g/mol. The fraction of sp³-hybridized carbons (Fsp3) is 0.692. The van der Waals surface area contributed by atoms with Gasteiger partial charge in [-0.1, -0.05) is 19.1 Å². The highest BCUT2D eigenvalue weighted by molar-refractivity contribution is 6.00. The van der Waals surface area contributed by atoms with Crippen LogP contribution in [0.5, 0.6) is 0 Å². The summed E-state index contributed by atoms with van der Waals surface area (Å²) in [6.07, 6.45) is 6.91. The summed E-state index contributed by atoms with van der Waals surface area (Å²) >= 11 is 0. The van der Waals surface area contributed by atoms with E-state index in [0.717, 1.165) is 12.8 Å². The van der Waals surface area contributed by atoms with Crippen molar-refractivity contribution in [3.05, 3.63) is 12.2 Å². The Balaban J connectivity index is 2.85. The molecule has 1 unspecified atom stereocenters. The molecule has 1 aliphatic rings. The molecule has 0 aromatic carbocycles. The Kier molecular flexibility index (Phi) is 4.73. The third-order valence-corrected chi connectivity index (χ3v) is 3.35. The molecule has 1 rings (SSSR count). The highest BCUT2D eigenvalue weighted by Gasteiger charge is 2.52. The molecule has 1 fully saturated rings. The van der Waals surface area contributed by atoms with E-state index in [1.165, 1.54) is 14.2 Å². The second-order valence-electron chi connectivity index (χ2n) is 4.40. The van der Waals surface area contributed by atoms with Crippen molar-refractivity contribution in [3.63, 3.8) is 0 Å². The molecule has 1 aliphatic carbocycles. The van der Waals surface area contributed by atoms with Crippen LogP contribution in [0.2, 0.25) is 0 Å². The first kappa shape index (κ1) is 13.7. The Morgan fingerprint density at radius 1 is 1.29 bits per heavy atom. The summed E-state index contributed by atoms with van der Waals surface area (Å²) in [5, 5.41) is 0. The molecule has 4 nitrogen and oxygen atoms in total. The van der Waals surface area contributed by atoms with Gasteiger partial charge in [0.25, 0.3) is 0 Å². The lowest BCUT2D eigenvalue weighted by molar-refractivity contribution is -0.168. The fourth-order valence-corrected chi connectivity index (χ4v) is 2.42. The van der Waals surface area contributed by atoms with E-state index in [2.05, 4.69) is 19.1 Å². The van der Waals surface area contributed by atoms with Crippen LogP contribution in [0.4, 0.5) is 0 Å². The molecule has 0 saturated heterocycles. The molecule has 0 aliphatic heterocycles. The summed E-state index contributed by atoms with van der Waals surface area (Å²) in [6.45, 7) is 2.05. The van der Waals surface area contributed by atoms with Gasteiger partial charge in [0.2, 0.25) is 0 Å². The summed E-state index contributed by atoms with van der Waals surface area (Å²) in [5.41, 5.74) is -1.09. The predicted octanol–water partition coefficient (Wildman–Crippen LogP) is 2.09. The minimum atomic E-state index is -1.09. The Morgan fingerprint density at radius 3 is 2.35 bits per heavy atom. The van der Waals surface area contributed by atoms with Gasteiger partial charge in [0.15, 0.2) is 5.41 Å². The highest BCUT2D eigenvalue weighted by atomic mass is 16.5. The second kappa shape index (κ2) is 5.84. The van der Waals surface area contributed by atoms with Crippen molar-refractivity contribution in [2.24, 2.45) is 11.3 Å². The van der Waals surface area contributed by atoms with Gasteiger partial charge in [0, 0.05) is 0 Å². The number of hydrogen-bond donors (Lipinski definition) is 0. The number of carbonyl (C=O) groups excluding carboxylic acids is 2. The minimum absolute atomic E-state index is 0.258. The molecule has 96 valence electrons. The van der Waals surface area contributed by atoms with Gasteiger partial charge in [-0.05, 0) is 31.6 Å². The zero-order chi connectivity index (χ0) is 12.9. The first-order chi connectivity index (χ1) is 8.10. The van der Waals surface area contributed by atoms with Crippen molar-refractivity contribution >= 4 is 11.9 Å². The maximum absolute atomic E-state index is 11.8. The van der Waals surface area contributed by atoms with Crippen LogP contribution in [0.15, 0.2) is 12.2 Å². The van der Waals surface area contributed by atoms with Gasteiger partial charge in [-0.2, -0.15) is 0 Å². The molecule has 0 amide bonds. The summed E-state index contributed by atoms with van der Waals surface area (Å²) in [5.74, 6) is -0.693. The van der Waals surface area contributed by atoms with E-state index in [9.17, 15) is 9.59 Å². The van der Waals surface area contributed by atoms with Gasteiger partial charge in [-0.25, -0.2) is 0 Å². The van der Waals surface area contributed by atoms with E-state index < -0.39 is 17.4 Å². The lowest BCUT2D eigenvalue weighted by Gasteiger charge is -2.22. The Morgan fingerprint density at radius 2 is 1.88 bits per heavy atom. The van der Waals surface area contributed by atoms with E-state index >= 15 is 0 Å². The van der Waals surface area contributed by atoms with Crippen LogP contribution in [0.1, 0.15) is 32.6 Å². The van der Waals surface area contributed by atoms with Crippen LogP contribution in [0.3, 0.4) is 0 Å². The van der Waals surface area contributed by atoms with Gasteiger partial charge in [0.1, 0.15) is 0 Å². The minimum Gasteiger partial charge on any atom is -0.468 e. The van der Waals surface area contributed by atoms with Crippen molar-refractivity contribution in [3.8, 4) is 0 Å². The van der Waals surface area contributed by atoms with Crippen molar-refractivity contribution in [2.75, 3.05) is 14.2 Å². The number of methoxy groups -OCH3 is 2. The zero-order valence-corrected chi connectivity index (χ0v) is 10.7. The lowest BCUT2D eigenvalue weighted by atomic mass is 9.85. The number of hydrogen-bond acceptors (Lipinski definition) is 4. The third kappa shape index (κ3) is 2.68. The Hall–Kier alpha value is -1.32. The van der Waals surface area contributed by atoms with Crippen LogP contribution in [-0.2, 0) is 19.1 Å². The molecule has 1 saturated carbocycles. The van der Waals surface area contributed by atoms with E-state index in [0.29, 0.717) is 12.8 Å². The molecule has 0 aromatic heterocycles. The van der Waals surface area contributed by atoms with Crippen LogP contribution in [0.25, 0.3) is 0 Å². The number of carbonyl (C=O) groups is 2. The molecule has 0 heterocycles. The topological polar surface area (TPSA) is 52.6 Å². The van der Waals surface area contributed by atoms with Gasteiger partial charge in [0.05, 0.1) is 14.2 Å². The summed E-state index contributed by atoms with van der Waals surface area (Å²) in [4.78, 5) is 23.6. The summed E-state index contributed by atoms with van der Waals surface area (Å²) in [7, 11) is 2.62. The van der Waals surface area contributed by atoms with Gasteiger partial charge < -0.3 is 9.47 Å². The maximum Gasteiger partial charge on any atom is 0.323 e.